The van der Waals surface area contributed by atoms with Crippen molar-refractivity contribution in [2.24, 2.45) is 0 Å². The molecule has 3 rings (SSSR count). The lowest BCUT2D eigenvalue weighted by Gasteiger charge is -2.15. The van der Waals surface area contributed by atoms with Crippen LogP contribution >= 0.6 is 0 Å². The zero-order chi connectivity index (χ0) is 21.9. The first-order valence-electron chi connectivity index (χ1n) is 8.86. The monoisotopic (exact) mass is 444 g/mol. The summed E-state index contributed by atoms with van der Waals surface area (Å²) in [6.45, 7) is -0.0347. The average molecular weight is 444 g/mol. The summed E-state index contributed by atoms with van der Waals surface area (Å²) in [5.41, 5.74) is 0.878. The summed E-state index contributed by atoms with van der Waals surface area (Å²) in [5.74, 6) is -0.916. The molecule has 0 atom stereocenters. The Balaban J connectivity index is 1.75. The molecule has 1 amide bonds. The van der Waals surface area contributed by atoms with Crippen LogP contribution in [0, 0.1) is 0 Å². The van der Waals surface area contributed by atoms with Crippen molar-refractivity contribution in [1.82, 2.24) is 14.7 Å². The van der Waals surface area contributed by atoms with E-state index in [0.717, 1.165) is 5.56 Å². The summed E-state index contributed by atoms with van der Waals surface area (Å²) < 4.78 is 64.8. The molecule has 1 aliphatic rings. The molecular weight excluding hydrogens is 425 g/mol. The fourth-order valence-electron chi connectivity index (χ4n) is 2.79. The van der Waals surface area contributed by atoms with Crippen LogP contribution < -0.4 is 20.7 Å². The van der Waals surface area contributed by atoms with Crippen molar-refractivity contribution in [2.75, 3.05) is 35.3 Å². The summed E-state index contributed by atoms with van der Waals surface area (Å²) >= 11 is 0. The van der Waals surface area contributed by atoms with Crippen molar-refractivity contribution >= 4 is 39.1 Å². The fraction of sp³-hybridized carbons (Fsp3) is 0.353. The van der Waals surface area contributed by atoms with Crippen LogP contribution in [0.1, 0.15) is 17.5 Å². The molecular formula is C17H19F3N6O3S. The first-order chi connectivity index (χ1) is 14.1. The van der Waals surface area contributed by atoms with E-state index in [4.69, 9.17) is 0 Å². The quantitative estimate of drug-likeness (QED) is 0.460. The molecule has 0 unspecified atom stereocenters. The number of nitrogens with one attached hydrogen (secondary N) is 4. The van der Waals surface area contributed by atoms with Crippen molar-refractivity contribution < 1.29 is 26.4 Å². The summed E-state index contributed by atoms with van der Waals surface area (Å²) in [4.78, 5) is 19.1. The lowest BCUT2D eigenvalue weighted by atomic mass is 10.1. The third-order valence-electron chi connectivity index (χ3n) is 4.27. The molecule has 0 saturated heterocycles. The maximum absolute atomic E-state index is 13.3. The Morgan fingerprint density at radius 2 is 2.03 bits per heavy atom. The SMILES string of the molecule is CNS(=O)(=O)CCCNc1nc(Nc2ccc3c(c2)CC(=O)N3)ncc1C(F)(F)F. The van der Waals surface area contributed by atoms with Crippen LogP contribution in [0.15, 0.2) is 24.4 Å². The summed E-state index contributed by atoms with van der Waals surface area (Å²) in [7, 11) is -2.20. The van der Waals surface area contributed by atoms with Crippen molar-refractivity contribution in [1.29, 1.82) is 0 Å². The zero-order valence-electron chi connectivity index (χ0n) is 15.8. The molecule has 2 aromatic rings. The van der Waals surface area contributed by atoms with Crippen molar-refractivity contribution in [3.8, 4) is 0 Å². The highest BCUT2D eigenvalue weighted by atomic mass is 32.2. The first-order valence-corrected chi connectivity index (χ1v) is 10.5. The van der Waals surface area contributed by atoms with E-state index < -0.39 is 27.6 Å². The number of fused-ring (bicyclic) bond motifs is 1. The highest BCUT2D eigenvalue weighted by molar-refractivity contribution is 7.89. The van der Waals surface area contributed by atoms with Gasteiger partial charge in [-0.25, -0.2) is 18.1 Å². The van der Waals surface area contributed by atoms with Gasteiger partial charge in [-0.3, -0.25) is 4.79 Å². The standard InChI is InChI=1S/C17H19F3N6O3S/c1-21-30(28,29)6-2-5-22-15-12(17(18,19)20)9-23-16(26-15)24-11-3-4-13-10(7-11)8-14(27)25-13/h3-4,7,9,21H,2,5-6,8H2,1H3,(H,25,27)(H2,22,23,24,26). The van der Waals surface area contributed by atoms with Gasteiger partial charge in [0.2, 0.25) is 21.9 Å². The molecule has 162 valence electrons. The molecule has 13 heteroatoms. The van der Waals surface area contributed by atoms with Crippen LogP contribution in [-0.4, -0.2) is 43.6 Å². The second-order valence-electron chi connectivity index (χ2n) is 6.48. The van der Waals surface area contributed by atoms with Crippen molar-refractivity contribution in [2.45, 2.75) is 19.0 Å². The lowest BCUT2D eigenvalue weighted by Crippen LogP contribution is -2.23. The highest BCUT2D eigenvalue weighted by Gasteiger charge is 2.35. The van der Waals surface area contributed by atoms with Crippen LogP contribution in [0.3, 0.4) is 0 Å². The van der Waals surface area contributed by atoms with E-state index in [1.165, 1.54) is 7.05 Å². The van der Waals surface area contributed by atoms with Gasteiger partial charge in [-0.2, -0.15) is 18.2 Å². The maximum atomic E-state index is 13.3. The Hall–Kier alpha value is -2.93. The van der Waals surface area contributed by atoms with E-state index in [0.29, 0.717) is 17.6 Å². The Kier molecular flexibility index (Phi) is 6.12. The van der Waals surface area contributed by atoms with E-state index in [1.807, 2.05) is 0 Å². The average Bonchev–Trinajstić information content (AvgIpc) is 3.04. The molecule has 9 nitrogen and oxygen atoms in total. The number of halogens is 3. The minimum Gasteiger partial charge on any atom is -0.369 e. The number of hydrogen-bond donors (Lipinski definition) is 4. The van der Waals surface area contributed by atoms with Gasteiger partial charge in [0, 0.05) is 24.1 Å². The summed E-state index contributed by atoms with van der Waals surface area (Å²) in [5, 5.41) is 8.03. The summed E-state index contributed by atoms with van der Waals surface area (Å²) in [6.07, 6.45) is -3.74. The molecule has 0 radical (unpaired) electrons. The smallest absolute Gasteiger partial charge is 0.369 e. The normalized spacial score (nSPS) is 13.7. The van der Waals surface area contributed by atoms with E-state index in [-0.39, 0.29) is 37.0 Å². The van der Waals surface area contributed by atoms with E-state index in [1.54, 1.807) is 18.2 Å². The lowest BCUT2D eigenvalue weighted by molar-refractivity contribution is -0.137. The number of alkyl halides is 3. The predicted octanol–water partition coefficient (Wildman–Crippen LogP) is 2.08. The second-order valence-corrected chi connectivity index (χ2v) is 8.52. The van der Waals surface area contributed by atoms with Gasteiger partial charge in [0.25, 0.3) is 0 Å². The Bertz CT molecular complexity index is 1060. The number of rotatable bonds is 8. The molecule has 1 aliphatic heterocycles. The van der Waals surface area contributed by atoms with Crippen LogP contribution in [0.4, 0.5) is 36.3 Å². The Morgan fingerprint density at radius 1 is 1.27 bits per heavy atom. The van der Waals surface area contributed by atoms with E-state index >= 15 is 0 Å². The minimum atomic E-state index is -4.68. The molecule has 0 saturated carbocycles. The second kappa shape index (κ2) is 8.44. The van der Waals surface area contributed by atoms with Crippen molar-refractivity contribution in [3.63, 3.8) is 0 Å². The first kappa shape index (κ1) is 21.8. The summed E-state index contributed by atoms with van der Waals surface area (Å²) in [6, 6.07) is 5.00. The van der Waals surface area contributed by atoms with E-state index in [2.05, 4.69) is 30.6 Å². The van der Waals surface area contributed by atoms with Crippen LogP contribution in [0.5, 0.6) is 0 Å². The van der Waals surface area contributed by atoms with Gasteiger partial charge in [-0.1, -0.05) is 0 Å². The van der Waals surface area contributed by atoms with Crippen LogP contribution in [0.2, 0.25) is 0 Å². The molecule has 2 heterocycles. The number of amides is 1. The number of benzene rings is 1. The molecule has 30 heavy (non-hydrogen) atoms. The molecule has 0 spiro atoms. The van der Waals surface area contributed by atoms with Crippen LogP contribution in [-0.2, 0) is 27.4 Å². The number of carbonyl (C=O) groups excluding carboxylic acids is 1. The van der Waals surface area contributed by atoms with Gasteiger partial charge in [-0.05, 0) is 37.2 Å². The van der Waals surface area contributed by atoms with Gasteiger partial charge in [0.05, 0.1) is 12.2 Å². The van der Waals surface area contributed by atoms with Gasteiger partial charge >= 0.3 is 6.18 Å². The number of hydrogen-bond acceptors (Lipinski definition) is 7. The maximum Gasteiger partial charge on any atom is 0.421 e. The third-order valence-corrected chi connectivity index (χ3v) is 5.72. The van der Waals surface area contributed by atoms with Gasteiger partial charge in [0.15, 0.2) is 0 Å². The fourth-order valence-corrected chi connectivity index (χ4v) is 3.52. The number of aromatic nitrogens is 2. The number of sulfonamides is 1. The molecule has 0 fully saturated rings. The van der Waals surface area contributed by atoms with Gasteiger partial charge in [-0.15, -0.1) is 0 Å². The molecule has 0 bridgehead atoms. The third kappa shape index (κ3) is 5.36. The van der Waals surface area contributed by atoms with Crippen molar-refractivity contribution in [3.05, 3.63) is 35.5 Å². The number of anilines is 4. The molecule has 1 aromatic carbocycles. The topological polar surface area (TPSA) is 125 Å². The van der Waals surface area contributed by atoms with Gasteiger partial charge in [0.1, 0.15) is 11.4 Å². The number of carbonyl (C=O) groups is 1. The van der Waals surface area contributed by atoms with Crippen LogP contribution in [0.25, 0.3) is 0 Å². The highest BCUT2D eigenvalue weighted by Crippen LogP contribution is 2.34. The Labute approximate surface area is 170 Å². The minimum absolute atomic E-state index is 0.0347. The molecule has 0 aliphatic carbocycles. The largest absolute Gasteiger partial charge is 0.421 e. The number of nitrogens with zero attached hydrogens (tertiary/aromatic N) is 2. The van der Waals surface area contributed by atoms with Gasteiger partial charge < -0.3 is 16.0 Å². The predicted molar refractivity (Wildman–Crippen MR) is 105 cm³/mol. The molecule has 1 aromatic heterocycles. The zero-order valence-corrected chi connectivity index (χ0v) is 16.6. The molecule has 4 N–H and O–H groups in total. The van der Waals surface area contributed by atoms with E-state index in [9.17, 15) is 26.4 Å². The Morgan fingerprint density at radius 3 is 2.73 bits per heavy atom.